The molecule has 110 valence electrons. The molecule has 0 aromatic carbocycles. The molecule has 19 heavy (non-hydrogen) atoms. The highest BCUT2D eigenvalue weighted by Gasteiger charge is 2.31. The van der Waals surface area contributed by atoms with E-state index in [9.17, 15) is 14.7 Å². The molecule has 1 rings (SSSR count). The van der Waals surface area contributed by atoms with Crippen molar-refractivity contribution in [2.24, 2.45) is 5.92 Å². The number of piperazine rings is 1. The van der Waals surface area contributed by atoms with Crippen LogP contribution in [0, 0.1) is 5.92 Å². The van der Waals surface area contributed by atoms with E-state index in [-0.39, 0.29) is 18.0 Å². The molecule has 2 N–H and O–H groups in total. The van der Waals surface area contributed by atoms with E-state index in [1.807, 2.05) is 27.8 Å². The number of nitrogens with one attached hydrogen (secondary N) is 1. The summed E-state index contributed by atoms with van der Waals surface area (Å²) in [4.78, 5) is 27.3. The first-order valence-corrected chi connectivity index (χ1v) is 6.85. The number of carboxylic acid groups (broad SMARTS) is 1. The Labute approximate surface area is 114 Å². The Hall–Kier alpha value is -1.30. The summed E-state index contributed by atoms with van der Waals surface area (Å²) < 4.78 is 0. The van der Waals surface area contributed by atoms with Crippen molar-refractivity contribution in [2.75, 3.05) is 26.7 Å². The maximum Gasteiger partial charge on any atom is 0.326 e. The number of carbonyl (C=O) groups is 2. The molecule has 1 aliphatic rings. The van der Waals surface area contributed by atoms with Crippen molar-refractivity contribution >= 4 is 12.0 Å². The monoisotopic (exact) mass is 271 g/mol. The Kier molecular flexibility index (Phi) is 5.60. The van der Waals surface area contributed by atoms with Crippen LogP contribution in [0.15, 0.2) is 0 Å². The molecule has 1 unspecified atom stereocenters. The Morgan fingerprint density at radius 2 is 2.05 bits per heavy atom. The molecule has 0 aliphatic carbocycles. The van der Waals surface area contributed by atoms with Gasteiger partial charge >= 0.3 is 12.0 Å². The molecule has 1 saturated heterocycles. The molecule has 0 spiro atoms. The van der Waals surface area contributed by atoms with Crippen molar-refractivity contribution in [3.8, 4) is 0 Å². The topological polar surface area (TPSA) is 72.9 Å². The molecule has 6 heteroatoms. The van der Waals surface area contributed by atoms with E-state index in [1.54, 1.807) is 4.90 Å². The Bertz CT molecular complexity index is 335. The third kappa shape index (κ3) is 4.09. The van der Waals surface area contributed by atoms with Gasteiger partial charge in [0.05, 0.1) is 0 Å². The number of carboxylic acids is 1. The van der Waals surface area contributed by atoms with Crippen molar-refractivity contribution in [2.45, 2.75) is 39.3 Å². The summed E-state index contributed by atoms with van der Waals surface area (Å²) in [5, 5.41) is 11.8. The fraction of sp³-hybridized carbons (Fsp3) is 0.846. The van der Waals surface area contributed by atoms with Gasteiger partial charge in [0.25, 0.3) is 0 Å². The van der Waals surface area contributed by atoms with Crippen molar-refractivity contribution < 1.29 is 14.7 Å². The maximum atomic E-state index is 12.2. The van der Waals surface area contributed by atoms with Crippen LogP contribution in [0.3, 0.4) is 0 Å². The predicted octanol–water partition coefficient (Wildman–Crippen LogP) is 0.831. The average Bonchev–Trinajstić information content (AvgIpc) is 2.34. The van der Waals surface area contributed by atoms with Gasteiger partial charge in [-0.1, -0.05) is 20.3 Å². The molecule has 1 fully saturated rings. The van der Waals surface area contributed by atoms with E-state index in [0.29, 0.717) is 6.54 Å². The number of carbonyl (C=O) groups excluding carboxylic acids is 1. The largest absolute Gasteiger partial charge is 0.480 e. The first-order valence-electron chi connectivity index (χ1n) is 6.85. The highest BCUT2D eigenvalue weighted by Crippen LogP contribution is 2.11. The highest BCUT2D eigenvalue weighted by molar-refractivity contribution is 5.83. The van der Waals surface area contributed by atoms with Gasteiger partial charge in [0.2, 0.25) is 0 Å². The summed E-state index contributed by atoms with van der Waals surface area (Å²) in [6, 6.07) is -0.984. The molecular weight excluding hydrogens is 246 g/mol. The lowest BCUT2D eigenvalue weighted by atomic mass is 9.99. The lowest BCUT2D eigenvalue weighted by Crippen LogP contribution is -2.58. The summed E-state index contributed by atoms with van der Waals surface area (Å²) in [5.41, 5.74) is 0. The van der Waals surface area contributed by atoms with Gasteiger partial charge in [0.1, 0.15) is 6.04 Å². The molecule has 0 bridgehead atoms. The Balaban J connectivity index is 2.64. The molecule has 0 aromatic heterocycles. The maximum absolute atomic E-state index is 12.2. The molecule has 6 nitrogen and oxygen atoms in total. The van der Waals surface area contributed by atoms with Crippen molar-refractivity contribution in [1.29, 1.82) is 0 Å². The number of aliphatic carboxylic acids is 1. The first kappa shape index (κ1) is 15.8. The summed E-state index contributed by atoms with van der Waals surface area (Å²) in [6.45, 7) is 8.01. The first-order chi connectivity index (χ1) is 8.86. The second-order valence-electron chi connectivity index (χ2n) is 5.46. The van der Waals surface area contributed by atoms with E-state index in [4.69, 9.17) is 0 Å². The zero-order valence-corrected chi connectivity index (χ0v) is 12.2. The van der Waals surface area contributed by atoms with E-state index in [1.165, 1.54) is 0 Å². The van der Waals surface area contributed by atoms with Crippen LogP contribution in [0.5, 0.6) is 0 Å². The minimum absolute atomic E-state index is 0.0794. The predicted molar refractivity (Wildman–Crippen MR) is 73.1 cm³/mol. The lowest BCUT2D eigenvalue weighted by Gasteiger charge is -2.38. The van der Waals surface area contributed by atoms with Crippen LogP contribution in [-0.2, 0) is 4.79 Å². The van der Waals surface area contributed by atoms with Gasteiger partial charge in [-0.15, -0.1) is 0 Å². The van der Waals surface area contributed by atoms with Crippen molar-refractivity contribution in [3.63, 3.8) is 0 Å². The molecule has 0 saturated carbocycles. The van der Waals surface area contributed by atoms with Gasteiger partial charge in [0.15, 0.2) is 0 Å². The van der Waals surface area contributed by atoms with Gasteiger partial charge in [-0.3, -0.25) is 0 Å². The van der Waals surface area contributed by atoms with Crippen molar-refractivity contribution in [1.82, 2.24) is 15.1 Å². The third-order valence-electron chi connectivity index (χ3n) is 3.85. The fourth-order valence-electron chi connectivity index (χ4n) is 2.34. The zero-order chi connectivity index (χ0) is 14.6. The Morgan fingerprint density at radius 1 is 1.42 bits per heavy atom. The number of likely N-dealkylation sites (N-methyl/N-ethyl adjacent to an activating group) is 1. The van der Waals surface area contributed by atoms with E-state index < -0.39 is 12.0 Å². The summed E-state index contributed by atoms with van der Waals surface area (Å²) in [7, 11) is 2.02. The van der Waals surface area contributed by atoms with Crippen LogP contribution in [-0.4, -0.2) is 65.7 Å². The van der Waals surface area contributed by atoms with Crippen LogP contribution in [0.1, 0.15) is 27.2 Å². The number of hydrogen-bond acceptors (Lipinski definition) is 3. The van der Waals surface area contributed by atoms with Crippen LogP contribution in [0.25, 0.3) is 0 Å². The highest BCUT2D eigenvalue weighted by atomic mass is 16.4. The molecule has 0 radical (unpaired) electrons. The minimum Gasteiger partial charge on any atom is -0.480 e. The number of nitrogens with zero attached hydrogens (tertiary/aromatic N) is 2. The quantitative estimate of drug-likeness (QED) is 0.794. The van der Waals surface area contributed by atoms with E-state index in [2.05, 4.69) is 10.2 Å². The SMILES string of the molecule is CC[C@H](C)[C@H](NC(=O)N1CCN(C)CC1C)C(=O)O. The van der Waals surface area contributed by atoms with Gasteiger partial charge in [0, 0.05) is 25.7 Å². The van der Waals surface area contributed by atoms with Crippen molar-refractivity contribution in [3.05, 3.63) is 0 Å². The zero-order valence-electron chi connectivity index (χ0n) is 12.2. The van der Waals surface area contributed by atoms with Gasteiger partial charge in [-0.05, 0) is 19.9 Å². The second-order valence-corrected chi connectivity index (χ2v) is 5.46. The van der Waals surface area contributed by atoms with E-state index >= 15 is 0 Å². The number of amides is 2. The molecule has 2 amide bonds. The van der Waals surface area contributed by atoms with E-state index in [0.717, 1.165) is 19.5 Å². The minimum atomic E-state index is -0.968. The average molecular weight is 271 g/mol. The summed E-state index contributed by atoms with van der Waals surface area (Å²) >= 11 is 0. The molecule has 3 atom stereocenters. The summed E-state index contributed by atoms with van der Waals surface area (Å²) in [6.07, 6.45) is 0.718. The second kappa shape index (κ2) is 6.75. The van der Waals surface area contributed by atoms with Crippen LogP contribution in [0.2, 0.25) is 0 Å². The summed E-state index contributed by atoms with van der Waals surface area (Å²) in [5.74, 6) is -1.05. The molecular formula is C13H25N3O3. The Morgan fingerprint density at radius 3 is 2.53 bits per heavy atom. The molecule has 0 aromatic rings. The smallest absolute Gasteiger partial charge is 0.326 e. The fourth-order valence-corrected chi connectivity index (χ4v) is 2.34. The number of hydrogen-bond donors (Lipinski definition) is 2. The third-order valence-corrected chi connectivity index (χ3v) is 3.85. The van der Waals surface area contributed by atoms with Gasteiger partial charge < -0.3 is 20.2 Å². The van der Waals surface area contributed by atoms with Crippen LogP contribution in [0.4, 0.5) is 4.79 Å². The normalized spacial score (nSPS) is 23.8. The van der Waals surface area contributed by atoms with Gasteiger partial charge in [-0.25, -0.2) is 9.59 Å². The molecule has 1 aliphatic heterocycles. The number of rotatable bonds is 4. The van der Waals surface area contributed by atoms with Crippen LogP contribution < -0.4 is 5.32 Å². The number of urea groups is 1. The van der Waals surface area contributed by atoms with Gasteiger partial charge in [-0.2, -0.15) is 0 Å². The lowest BCUT2D eigenvalue weighted by molar-refractivity contribution is -0.140. The molecule has 1 heterocycles. The standard InChI is InChI=1S/C13H25N3O3/c1-5-9(2)11(12(17)18)14-13(19)16-7-6-15(4)8-10(16)3/h9-11H,5-8H2,1-4H3,(H,14,19)(H,17,18)/t9-,10?,11-/m0/s1. The van der Waals surface area contributed by atoms with Crippen LogP contribution >= 0.6 is 0 Å².